The number of aromatic nitrogens is 3. The van der Waals surface area contributed by atoms with E-state index in [1.165, 1.54) is 29.3 Å². The Bertz CT molecular complexity index is 1390. The first-order chi connectivity index (χ1) is 16.7. The van der Waals surface area contributed by atoms with Crippen molar-refractivity contribution < 1.29 is 4.39 Å². The molecular formula is C26H23FN6S. The largest absolute Gasteiger partial charge is 0.367 e. The van der Waals surface area contributed by atoms with Crippen molar-refractivity contribution in [2.45, 2.75) is 12.5 Å². The molecule has 0 radical (unpaired) electrons. The van der Waals surface area contributed by atoms with Crippen molar-refractivity contribution in [1.82, 2.24) is 15.0 Å². The van der Waals surface area contributed by atoms with Gasteiger partial charge in [0.1, 0.15) is 11.3 Å². The zero-order valence-electron chi connectivity index (χ0n) is 18.3. The quantitative estimate of drug-likeness (QED) is 0.273. The van der Waals surface area contributed by atoms with Gasteiger partial charge in [0.15, 0.2) is 11.6 Å². The SMILES string of the molecule is NC(CNc1nc(-c2ccncc2F)nc2c(Nc3ccccc3)csc12)Cc1ccccc1. The summed E-state index contributed by atoms with van der Waals surface area (Å²) in [5, 5.41) is 8.78. The number of anilines is 3. The van der Waals surface area contributed by atoms with E-state index in [9.17, 15) is 4.39 Å². The fraction of sp³-hybridized carbons (Fsp3) is 0.115. The predicted molar refractivity (Wildman–Crippen MR) is 137 cm³/mol. The number of hydrogen-bond acceptors (Lipinski definition) is 7. The van der Waals surface area contributed by atoms with Crippen LogP contribution in [0.25, 0.3) is 21.6 Å². The molecule has 170 valence electrons. The third-order valence-corrected chi connectivity index (χ3v) is 6.33. The first-order valence-electron chi connectivity index (χ1n) is 10.9. The van der Waals surface area contributed by atoms with Crippen LogP contribution in [0.3, 0.4) is 0 Å². The lowest BCUT2D eigenvalue weighted by atomic mass is 10.1. The molecule has 5 aromatic rings. The Morgan fingerprint density at radius 3 is 2.50 bits per heavy atom. The Morgan fingerprint density at radius 1 is 0.971 bits per heavy atom. The van der Waals surface area contributed by atoms with Gasteiger partial charge in [0.25, 0.3) is 0 Å². The first kappa shape index (κ1) is 21.9. The van der Waals surface area contributed by atoms with Gasteiger partial charge >= 0.3 is 0 Å². The maximum absolute atomic E-state index is 14.5. The summed E-state index contributed by atoms with van der Waals surface area (Å²) in [6.07, 6.45) is 3.44. The number of pyridine rings is 1. The van der Waals surface area contributed by atoms with Crippen LogP contribution < -0.4 is 16.4 Å². The Balaban J connectivity index is 1.48. The van der Waals surface area contributed by atoms with Crippen LogP contribution in [0.15, 0.2) is 84.5 Å². The second kappa shape index (κ2) is 9.94. The molecule has 34 heavy (non-hydrogen) atoms. The third-order valence-electron chi connectivity index (χ3n) is 5.35. The molecule has 0 spiro atoms. The average Bonchev–Trinajstić information content (AvgIpc) is 3.27. The van der Waals surface area contributed by atoms with E-state index >= 15 is 0 Å². The maximum Gasteiger partial charge on any atom is 0.165 e. The molecule has 8 heteroatoms. The van der Waals surface area contributed by atoms with Crippen molar-refractivity contribution in [3.8, 4) is 11.4 Å². The summed E-state index contributed by atoms with van der Waals surface area (Å²) in [6.45, 7) is 0.513. The highest BCUT2D eigenvalue weighted by Gasteiger charge is 2.17. The standard InChI is InChI=1S/C26H23FN6S/c27-21-15-29-12-11-20(21)25-32-23-22(31-19-9-5-2-6-10-19)16-34-24(23)26(33-25)30-14-18(28)13-17-7-3-1-4-8-17/h1-12,15-16,18,31H,13-14,28H2,(H,30,32,33). The lowest BCUT2D eigenvalue weighted by Gasteiger charge is -2.15. The topological polar surface area (TPSA) is 88.8 Å². The van der Waals surface area contributed by atoms with Crippen LogP contribution in [-0.4, -0.2) is 27.5 Å². The molecule has 5 rings (SSSR count). The number of fused-ring (bicyclic) bond motifs is 1. The molecule has 3 aromatic heterocycles. The van der Waals surface area contributed by atoms with Crippen LogP contribution in [0, 0.1) is 5.82 Å². The van der Waals surface area contributed by atoms with Gasteiger partial charge in [-0.25, -0.2) is 14.4 Å². The van der Waals surface area contributed by atoms with E-state index in [1.54, 1.807) is 6.07 Å². The van der Waals surface area contributed by atoms with Gasteiger partial charge in [0, 0.05) is 29.9 Å². The predicted octanol–water partition coefficient (Wildman–Crippen LogP) is 5.62. The van der Waals surface area contributed by atoms with Gasteiger partial charge in [0.2, 0.25) is 0 Å². The summed E-state index contributed by atoms with van der Waals surface area (Å²) in [7, 11) is 0. The van der Waals surface area contributed by atoms with Crippen LogP contribution in [0.5, 0.6) is 0 Å². The molecule has 6 nitrogen and oxygen atoms in total. The highest BCUT2D eigenvalue weighted by atomic mass is 32.1. The zero-order valence-corrected chi connectivity index (χ0v) is 19.1. The number of benzene rings is 2. The van der Waals surface area contributed by atoms with E-state index in [0.717, 1.165) is 22.5 Å². The zero-order chi connectivity index (χ0) is 23.3. The maximum atomic E-state index is 14.5. The molecule has 0 aliphatic heterocycles. The van der Waals surface area contributed by atoms with Gasteiger partial charge in [-0.2, -0.15) is 0 Å². The van der Waals surface area contributed by atoms with Crippen LogP contribution in [0.4, 0.5) is 21.6 Å². The first-order valence-corrected chi connectivity index (χ1v) is 11.8. The monoisotopic (exact) mass is 470 g/mol. The smallest absolute Gasteiger partial charge is 0.165 e. The van der Waals surface area contributed by atoms with Crippen molar-refractivity contribution in [3.05, 3.63) is 95.9 Å². The van der Waals surface area contributed by atoms with E-state index < -0.39 is 5.82 Å². The molecular weight excluding hydrogens is 447 g/mol. The van der Waals surface area contributed by atoms with Gasteiger partial charge in [-0.15, -0.1) is 11.3 Å². The normalized spacial score (nSPS) is 11.9. The number of nitrogens with two attached hydrogens (primary N) is 1. The molecule has 0 bridgehead atoms. The highest BCUT2D eigenvalue weighted by Crippen LogP contribution is 2.36. The number of nitrogens with zero attached hydrogens (tertiary/aromatic N) is 3. The molecule has 1 atom stereocenters. The lowest BCUT2D eigenvalue weighted by molar-refractivity contribution is 0.623. The van der Waals surface area contributed by atoms with E-state index in [4.69, 9.17) is 10.7 Å². The molecule has 0 fully saturated rings. The second-order valence-electron chi connectivity index (χ2n) is 7.90. The Morgan fingerprint density at radius 2 is 1.74 bits per heavy atom. The average molecular weight is 471 g/mol. The summed E-state index contributed by atoms with van der Waals surface area (Å²) < 4.78 is 15.4. The van der Waals surface area contributed by atoms with Crippen LogP contribution in [0.2, 0.25) is 0 Å². The van der Waals surface area contributed by atoms with Crippen molar-refractivity contribution in [2.75, 3.05) is 17.2 Å². The van der Waals surface area contributed by atoms with Gasteiger partial charge in [-0.3, -0.25) is 4.98 Å². The Labute approximate surface area is 200 Å². The van der Waals surface area contributed by atoms with Crippen molar-refractivity contribution in [1.29, 1.82) is 0 Å². The molecule has 1 unspecified atom stereocenters. The lowest BCUT2D eigenvalue weighted by Crippen LogP contribution is -2.31. The van der Waals surface area contributed by atoms with Crippen molar-refractivity contribution in [3.63, 3.8) is 0 Å². The Hall–Kier alpha value is -3.88. The second-order valence-corrected chi connectivity index (χ2v) is 8.78. The van der Waals surface area contributed by atoms with Crippen LogP contribution in [-0.2, 0) is 6.42 Å². The minimum Gasteiger partial charge on any atom is -0.367 e. The third kappa shape index (κ3) is 4.88. The fourth-order valence-corrected chi connectivity index (χ4v) is 4.60. The van der Waals surface area contributed by atoms with E-state index in [0.29, 0.717) is 29.3 Å². The summed E-state index contributed by atoms with van der Waals surface area (Å²) in [6, 6.07) is 21.4. The molecule has 0 aliphatic rings. The van der Waals surface area contributed by atoms with Crippen molar-refractivity contribution in [2.24, 2.45) is 5.73 Å². The van der Waals surface area contributed by atoms with Crippen LogP contribution in [0.1, 0.15) is 5.56 Å². The number of hydrogen-bond donors (Lipinski definition) is 3. The molecule has 3 heterocycles. The molecule has 0 aliphatic carbocycles. The van der Waals surface area contributed by atoms with Crippen LogP contribution >= 0.6 is 11.3 Å². The van der Waals surface area contributed by atoms with Gasteiger partial charge in [-0.05, 0) is 30.2 Å². The number of halogens is 1. The minimum atomic E-state index is -0.471. The van der Waals surface area contributed by atoms with Gasteiger partial charge < -0.3 is 16.4 Å². The Kier molecular flexibility index (Phi) is 6.42. The van der Waals surface area contributed by atoms with Gasteiger partial charge in [-0.1, -0.05) is 48.5 Å². The summed E-state index contributed by atoms with van der Waals surface area (Å²) in [5.41, 5.74) is 10.4. The molecule has 0 amide bonds. The molecule has 0 saturated carbocycles. The number of thiophene rings is 1. The van der Waals surface area contributed by atoms with Gasteiger partial charge in [0.05, 0.1) is 22.1 Å². The molecule has 4 N–H and O–H groups in total. The number of para-hydroxylation sites is 1. The van der Waals surface area contributed by atoms with E-state index in [-0.39, 0.29) is 6.04 Å². The number of nitrogens with one attached hydrogen (secondary N) is 2. The summed E-state index contributed by atoms with van der Waals surface area (Å²) in [4.78, 5) is 13.2. The fourth-order valence-electron chi connectivity index (χ4n) is 3.70. The molecule has 2 aromatic carbocycles. The highest BCUT2D eigenvalue weighted by molar-refractivity contribution is 7.18. The van der Waals surface area contributed by atoms with Crippen molar-refractivity contribution >= 4 is 38.7 Å². The summed E-state index contributed by atoms with van der Waals surface area (Å²) in [5.74, 6) is 0.452. The molecule has 0 saturated heterocycles. The minimum absolute atomic E-state index is 0.115. The summed E-state index contributed by atoms with van der Waals surface area (Å²) >= 11 is 1.53. The van der Waals surface area contributed by atoms with E-state index in [1.807, 2.05) is 53.9 Å². The van der Waals surface area contributed by atoms with E-state index in [2.05, 4.69) is 32.7 Å². The number of rotatable bonds is 8.